The molecule has 1 aliphatic carbocycles. The predicted molar refractivity (Wildman–Crippen MR) is 66.6 cm³/mol. The number of nitrogens with two attached hydrogens (primary N) is 1. The molecule has 2 N–H and O–H groups in total. The van der Waals surface area contributed by atoms with Crippen molar-refractivity contribution >= 4 is 11.7 Å². The van der Waals surface area contributed by atoms with Crippen molar-refractivity contribution in [2.24, 2.45) is 7.05 Å². The van der Waals surface area contributed by atoms with Gasteiger partial charge in [0, 0.05) is 19.6 Å². The Morgan fingerprint density at radius 3 is 2.71 bits per heavy atom. The SMILES string of the molecule is CCN(C(=O)c1cnn(C)c1N)C1CCCC1. The van der Waals surface area contributed by atoms with Crippen LogP contribution in [0.25, 0.3) is 0 Å². The van der Waals surface area contributed by atoms with Crippen LogP contribution >= 0.6 is 0 Å². The zero-order valence-corrected chi connectivity index (χ0v) is 10.5. The van der Waals surface area contributed by atoms with Gasteiger partial charge in [-0.2, -0.15) is 5.10 Å². The van der Waals surface area contributed by atoms with Crippen molar-refractivity contribution < 1.29 is 4.79 Å². The summed E-state index contributed by atoms with van der Waals surface area (Å²) in [5.41, 5.74) is 6.38. The molecule has 0 radical (unpaired) electrons. The summed E-state index contributed by atoms with van der Waals surface area (Å²) < 4.78 is 1.54. The Morgan fingerprint density at radius 2 is 2.24 bits per heavy atom. The third kappa shape index (κ3) is 2.14. The Bertz CT molecular complexity index is 407. The van der Waals surface area contributed by atoms with E-state index in [2.05, 4.69) is 5.10 Å². The fraction of sp³-hybridized carbons (Fsp3) is 0.667. The first-order valence-corrected chi connectivity index (χ1v) is 6.23. The third-order valence-corrected chi connectivity index (χ3v) is 3.58. The standard InChI is InChI=1S/C12H20N4O/c1-3-16(9-6-4-5-7-9)12(17)10-8-14-15(2)11(10)13/h8-9H,3-7,13H2,1-2H3. The summed E-state index contributed by atoms with van der Waals surface area (Å²) in [6.07, 6.45) is 6.22. The number of hydrogen-bond acceptors (Lipinski definition) is 3. The summed E-state index contributed by atoms with van der Waals surface area (Å²) in [5.74, 6) is 0.469. The highest BCUT2D eigenvalue weighted by Crippen LogP contribution is 2.25. The van der Waals surface area contributed by atoms with Gasteiger partial charge in [-0.1, -0.05) is 12.8 Å². The number of nitrogens with zero attached hydrogens (tertiary/aromatic N) is 3. The van der Waals surface area contributed by atoms with Gasteiger partial charge in [-0.25, -0.2) is 0 Å². The van der Waals surface area contributed by atoms with Crippen LogP contribution < -0.4 is 5.73 Å². The van der Waals surface area contributed by atoms with E-state index in [1.165, 1.54) is 17.5 Å². The molecule has 1 aromatic rings. The highest BCUT2D eigenvalue weighted by Gasteiger charge is 2.28. The Balaban J connectivity index is 2.19. The molecule has 2 rings (SSSR count). The van der Waals surface area contributed by atoms with Crippen LogP contribution in [-0.4, -0.2) is 33.2 Å². The molecule has 17 heavy (non-hydrogen) atoms. The maximum atomic E-state index is 12.4. The van der Waals surface area contributed by atoms with E-state index in [9.17, 15) is 4.79 Å². The molecule has 0 bridgehead atoms. The fourth-order valence-electron chi connectivity index (χ4n) is 2.55. The van der Waals surface area contributed by atoms with Crippen molar-refractivity contribution in [3.63, 3.8) is 0 Å². The van der Waals surface area contributed by atoms with E-state index in [4.69, 9.17) is 5.73 Å². The molecule has 0 aromatic carbocycles. The van der Waals surface area contributed by atoms with Gasteiger partial charge >= 0.3 is 0 Å². The first-order valence-electron chi connectivity index (χ1n) is 6.23. The Kier molecular flexibility index (Phi) is 3.36. The maximum absolute atomic E-state index is 12.4. The summed E-state index contributed by atoms with van der Waals surface area (Å²) in [6, 6.07) is 0.382. The molecule has 1 aliphatic rings. The van der Waals surface area contributed by atoms with Crippen molar-refractivity contribution in [1.82, 2.24) is 14.7 Å². The van der Waals surface area contributed by atoms with Crippen molar-refractivity contribution in [2.45, 2.75) is 38.6 Å². The van der Waals surface area contributed by atoms with Gasteiger partial charge in [0.2, 0.25) is 0 Å². The molecule has 0 unspecified atom stereocenters. The molecule has 5 heteroatoms. The minimum Gasteiger partial charge on any atom is -0.383 e. The molecule has 0 aliphatic heterocycles. The number of aryl methyl sites for hydroxylation is 1. The monoisotopic (exact) mass is 236 g/mol. The third-order valence-electron chi connectivity index (χ3n) is 3.58. The van der Waals surface area contributed by atoms with Gasteiger partial charge in [-0.05, 0) is 19.8 Å². The maximum Gasteiger partial charge on any atom is 0.259 e. The summed E-state index contributed by atoms with van der Waals surface area (Å²) in [7, 11) is 1.75. The zero-order valence-electron chi connectivity index (χ0n) is 10.5. The first kappa shape index (κ1) is 12.0. The van der Waals surface area contributed by atoms with Crippen LogP contribution in [0.3, 0.4) is 0 Å². The molecule has 0 saturated heterocycles. The highest BCUT2D eigenvalue weighted by atomic mass is 16.2. The minimum absolute atomic E-state index is 0.0185. The molecule has 1 heterocycles. The van der Waals surface area contributed by atoms with E-state index >= 15 is 0 Å². The van der Waals surface area contributed by atoms with Crippen LogP contribution in [0.5, 0.6) is 0 Å². The van der Waals surface area contributed by atoms with Crippen molar-refractivity contribution in [2.75, 3.05) is 12.3 Å². The molecule has 94 valence electrons. The minimum atomic E-state index is 0.0185. The summed E-state index contributed by atoms with van der Waals surface area (Å²) in [4.78, 5) is 14.3. The Hall–Kier alpha value is -1.52. The Labute approximate surface area is 102 Å². The molecular weight excluding hydrogens is 216 g/mol. The van der Waals surface area contributed by atoms with Crippen molar-refractivity contribution in [1.29, 1.82) is 0 Å². The topological polar surface area (TPSA) is 64.2 Å². The van der Waals surface area contributed by atoms with E-state index < -0.39 is 0 Å². The van der Waals surface area contributed by atoms with Crippen LogP contribution in [0.4, 0.5) is 5.82 Å². The molecular formula is C12H20N4O. The second kappa shape index (κ2) is 4.77. The fourth-order valence-corrected chi connectivity index (χ4v) is 2.55. The largest absolute Gasteiger partial charge is 0.383 e. The number of amides is 1. The number of hydrogen-bond donors (Lipinski definition) is 1. The van der Waals surface area contributed by atoms with Gasteiger partial charge in [0.25, 0.3) is 5.91 Å². The van der Waals surface area contributed by atoms with Crippen molar-refractivity contribution in [3.05, 3.63) is 11.8 Å². The number of carbonyl (C=O) groups is 1. The summed E-state index contributed by atoms with van der Waals surface area (Å²) >= 11 is 0. The van der Waals surface area contributed by atoms with Crippen LogP contribution in [0.2, 0.25) is 0 Å². The van der Waals surface area contributed by atoms with Gasteiger partial charge in [0.1, 0.15) is 11.4 Å². The second-order valence-electron chi connectivity index (χ2n) is 4.60. The number of rotatable bonds is 3. The van der Waals surface area contributed by atoms with Gasteiger partial charge in [0.05, 0.1) is 6.20 Å². The smallest absolute Gasteiger partial charge is 0.259 e. The highest BCUT2D eigenvalue weighted by molar-refractivity contribution is 5.98. The lowest BCUT2D eigenvalue weighted by Gasteiger charge is -2.27. The van der Waals surface area contributed by atoms with E-state index in [0.717, 1.165) is 19.4 Å². The van der Waals surface area contributed by atoms with Crippen LogP contribution in [0.1, 0.15) is 43.0 Å². The van der Waals surface area contributed by atoms with Crippen LogP contribution in [-0.2, 0) is 7.05 Å². The van der Waals surface area contributed by atoms with E-state index in [1.54, 1.807) is 13.2 Å². The van der Waals surface area contributed by atoms with Crippen LogP contribution in [0, 0.1) is 0 Å². The van der Waals surface area contributed by atoms with Crippen LogP contribution in [0.15, 0.2) is 6.20 Å². The van der Waals surface area contributed by atoms with Gasteiger partial charge in [-0.15, -0.1) is 0 Å². The molecule has 0 spiro atoms. The van der Waals surface area contributed by atoms with E-state index in [0.29, 0.717) is 17.4 Å². The average Bonchev–Trinajstić information content (AvgIpc) is 2.92. The number of aromatic nitrogens is 2. The lowest BCUT2D eigenvalue weighted by Crippen LogP contribution is -2.38. The second-order valence-corrected chi connectivity index (χ2v) is 4.60. The van der Waals surface area contributed by atoms with Gasteiger partial charge in [0.15, 0.2) is 0 Å². The molecule has 1 saturated carbocycles. The summed E-state index contributed by atoms with van der Waals surface area (Å²) in [5, 5.41) is 4.02. The number of anilines is 1. The molecule has 0 atom stereocenters. The van der Waals surface area contributed by atoms with E-state index in [-0.39, 0.29) is 5.91 Å². The van der Waals surface area contributed by atoms with E-state index in [1.807, 2.05) is 11.8 Å². The molecule has 1 aromatic heterocycles. The van der Waals surface area contributed by atoms with Gasteiger partial charge in [-0.3, -0.25) is 9.48 Å². The lowest BCUT2D eigenvalue weighted by molar-refractivity contribution is 0.0694. The first-order chi connectivity index (χ1) is 8.15. The lowest BCUT2D eigenvalue weighted by atomic mass is 10.1. The molecule has 1 fully saturated rings. The average molecular weight is 236 g/mol. The zero-order chi connectivity index (χ0) is 12.4. The molecule has 5 nitrogen and oxygen atoms in total. The normalized spacial score (nSPS) is 16.4. The number of carbonyl (C=O) groups excluding carboxylic acids is 1. The van der Waals surface area contributed by atoms with Gasteiger partial charge < -0.3 is 10.6 Å². The predicted octanol–water partition coefficient (Wildman–Crippen LogP) is 1.41. The molecule has 1 amide bonds. The quantitative estimate of drug-likeness (QED) is 0.863. The number of nitrogen functional groups attached to an aromatic ring is 1. The van der Waals surface area contributed by atoms with Crippen molar-refractivity contribution in [3.8, 4) is 0 Å². The Morgan fingerprint density at radius 1 is 1.59 bits per heavy atom. The summed E-state index contributed by atoms with van der Waals surface area (Å²) in [6.45, 7) is 2.75.